The Morgan fingerprint density at radius 1 is 1.05 bits per heavy atom. The van der Waals surface area contributed by atoms with Gasteiger partial charge in [-0.05, 0) is 38.5 Å². The second kappa shape index (κ2) is 7.40. The molecule has 2 rings (SSSR count). The third kappa shape index (κ3) is 4.70. The maximum atomic E-state index is 5.48. The van der Waals surface area contributed by atoms with E-state index in [-0.39, 0.29) is 0 Å². The molecule has 1 aliphatic heterocycles. The van der Waals surface area contributed by atoms with Crippen LogP contribution in [-0.4, -0.2) is 34.1 Å². The molecule has 118 valence electrons. The second-order valence-electron chi connectivity index (χ2n) is 6.15. The Balaban J connectivity index is 2.12. The van der Waals surface area contributed by atoms with E-state index in [1.807, 2.05) is 0 Å². The van der Waals surface area contributed by atoms with Crippen LogP contribution in [-0.2, 0) is 0 Å². The van der Waals surface area contributed by atoms with E-state index in [0.29, 0.717) is 29.8 Å². The molecule has 1 aliphatic rings. The molecule has 1 saturated heterocycles. The summed E-state index contributed by atoms with van der Waals surface area (Å²) in [6.45, 7) is 8.54. The first-order chi connectivity index (χ1) is 10.1. The molecule has 4 N–H and O–H groups in total. The first-order valence-electron chi connectivity index (χ1n) is 7.82. The van der Waals surface area contributed by atoms with Crippen molar-refractivity contribution >= 4 is 17.8 Å². The third-order valence-electron chi connectivity index (χ3n) is 3.59. The second-order valence-corrected chi connectivity index (χ2v) is 6.15. The van der Waals surface area contributed by atoms with E-state index in [1.54, 1.807) is 0 Å². The minimum Gasteiger partial charge on any atom is -0.352 e. The number of nitrogens with one attached hydrogen (secondary N) is 2. The van der Waals surface area contributed by atoms with Crippen molar-refractivity contribution in [2.75, 3.05) is 28.7 Å². The zero-order valence-corrected chi connectivity index (χ0v) is 13.3. The summed E-state index contributed by atoms with van der Waals surface area (Å²) in [7, 11) is 0. The number of nitrogens with zero attached hydrogens (tertiary/aromatic N) is 4. The Labute approximate surface area is 126 Å². The van der Waals surface area contributed by atoms with Crippen LogP contribution in [0.15, 0.2) is 0 Å². The molecule has 1 atom stereocenters. The number of hydrazine groups is 1. The van der Waals surface area contributed by atoms with Crippen LogP contribution < -0.4 is 21.5 Å². The smallest absolute Gasteiger partial charge is 0.243 e. The van der Waals surface area contributed by atoms with E-state index in [2.05, 4.69) is 51.4 Å². The van der Waals surface area contributed by atoms with Crippen LogP contribution in [0, 0.1) is 5.92 Å². The number of anilines is 3. The van der Waals surface area contributed by atoms with Crippen molar-refractivity contribution in [3.63, 3.8) is 0 Å². The molecule has 0 spiro atoms. The van der Waals surface area contributed by atoms with Crippen LogP contribution >= 0.6 is 0 Å². The maximum Gasteiger partial charge on any atom is 0.243 e. The molecule has 0 saturated carbocycles. The Morgan fingerprint density at radius 3 is 2.33 bits per heavy atom. The summed E-state index contributed by atoms with van der Waals surface area (Å²) in [5, 5.41) is 3.34. The molecule has 21 heavy (non-hydrogen) atoms. The van der Waals surface area contributed by atoms with E-state index in [1.165, 1.54) is 19.3 Å². The highest BCUT2D eigenvalue weighted by atomic mass is 15.4. The largest absolute Gasteiger partial charge is 0.352 e. The molecule has 1 unspecified atom stereocenters. The Bertz CT molecular complexity index is 443. The van der Waals surface area contributed by atoms with Gasteiger partial charge in [0.2, 0.25) is 17.8 Å². The van der Waals surface area contributed by atoms with E-state index < -0.39 is 0 Å². The average Bonchev–Trinajstić information content (AvgIpc) is 2.46. The molecular formula is C14H27N7. The molecule has 0 amide bonds. The minimum absolute atomic E-state index is 0.312. The van der Waals surface area contributed by atoms with E-state index in [4.69, 9.17) is 5.84 Å². The van der Waals surface area contributed by atoms with Gasteiger partial charge in [-0.3, -0.25) is 5.43 Å². The predicted molar refractivity (Wildman–Crippen MR) is 86.2 cm³/mol. The monoisotopic (exact) mass is 293 g/mol. The van der Waals surface area contributed by atoms with Crippen LogP contribution in [0.4, 0.5) is 17.8 Å². The quantitative estimate of drug-likeness (QED) is 0.545. The first-order valence-corrected chi connectivity index (χ1v) is 7.82. The van der Waals surface area contributed by atoms with Crippen molar-refractivity contribution in [3.05, 3.63) is 0 Å². The summed E-state index contributed by atoms with van der Waals surface area (Å²) in [5.41, 5.74) is 2.53. The molecule has 1 fully saturated rings. The van der Waals surface area contributed by atoms with Gasteiger partial charge in [-0.25, -0.2) is 5.84 Å². The fourth-order valence-electron chi connectivity index (χ4n) is 2.72. The molecule has 0 bridgehead atoms. The molecule has 0 aromatic carbocycles. The van der Waals surface area contributed by atoms with Crippen LogP contribution in [0.3, 0.4) is 0 Å². The van der Waals surface area contributed by atoms with Crippen molar-refractivity contribution in [1.29, 1.82) is 0 Å². The topological polar surface area (TPSA) is 92.0 Å². The van der Waals surface area contributed by atoms with Gasteiger partial charge >= 0.3 is 0 Å². The Morgan fingerprint density at radius 2 is 1.71 bits per heavy atom. The van der Waals surface area contributed by atoms with Crippen molar-refractivity contribution in [1.82, 2.24) is 15.0 Å². The Kier molecular flexibility index (Phi) is 5.55. The van der Waals surface area contributed by atoms with Gasteiger partial charge in [-0.1, -0.05) is 13.8 Å². The zero-order chi connectivity index (χ0) is 15.2. The van der Waals surface area contributed by atoms with E-state index >= 15 is 0 Å². The number of hydrogen-bond acceptors (Lipinski definition) is 7. The van der Waals surface area contributed by atoms with E-state index in [0.717, 1.165) is 19.5 Å². The SMILES string of the molecule is CC(C)CC(C)Nc1nc(NN)nc(N2CCCCC2)n1. The highest BCUT2D eigenvalue weighted by Crippen LogP contribution is 2.19. The van der Waals surface area contributed by atoms with Gasteiger partial charge in [-0.15, -0.1) is 0 Å². The van der Waals surface area contributed by atoms with Gasteiger partial charge in [0, 0.05) is 19.1 Å². The van der Waals surface area contributed by atoms with Gasteiger partial charge in [-0.2, -0.15) is 15.0 Å². The lowest BCUT2D eigenvalue weighted by molar-refractivity contribution is 0.536. The summed E-state index contributed by atoms with van der Waals surface area (Å²) < 4.78 is 0. The maximum absolute atomic E-state index is 5.48. The fourth-order valence-corrected chi connectivity index (χ4v) is 2.72. The van der Waals surface area contributed by atoms with Gasteiger partial charge in [0.1, 0.15) is 0 Å². The van der Waals surface area contributed by atoms with Gasteiger partial charge in [0.15, 0.2) is 0 Å². The summed E-state index contributed by atoms with van der Waals surface area (Å²) in [6.07, 6.45) is 4.71. The van der Waals surface area contributed by atoms with E-state index in [9.17, 15) is 0 Å². The van der Waals surface area contributed by atoms with Crippen LogP contribution in [0.5, 0.6) is 0 Å². The molecule has 0 radical (unpaired) electrons. The number of rotatable bonds is 6. The number of aromatic nitrogens is 3. The van der Waals surface area contributed by atoms with Crippen molar-refractivity contribution in [2.24, 2.45) is 11.8 Å². The predicted octanol–water partition coefficient (Wildman–Crippen LogP) is 1.99. The van der Waals surface area contributed by atoms with Gasteiger partial charge in [0.05, 0.1) is 0 Å². The van der Waals surface area contributed by atoms with Crippen molar-refractivity contribution in [2.45, 2.75) is 52.5 Å². The molecular weight excluding hydrogens is 266 g/mol. The summed E-state index contributed by atoms with van der Waals surface area (Å²) in [4.78, 5) is 15.4. The van der Waals surface area contributed by atoms with Crippen LogP contribution in [0.1, 0.15) is 46.5 Å². The summed E-state index contributed by atoms with van der Waals surface area (Å²) >= 11 is 0. The molecule has 0 aliphatic carbocycles. The first kappa shape index (κ1) is 15.8. The lowest BCUT2D eigenvalue weighted by atomic mass is 10.1. The molecule has 1 aromatic rings. The zero-order valence-electron chi connectivity index (χ0n) is 13.3. The normalized spacial score (nSPS) is 16.9. The highest BCUT2D eigenvalue weighted by Gasteiger charge is 2.17. The van der Waals surface area contributed by atoms with Crippen molar-refractivity contribution in [3.8, 4) is 0 Å². The average molecular weight is 293 g/mol. The highest BCUT2D eigenvalue weighted by molar-refractivity contribution is 5.43. The lowest BCUT2D eigenvalue weighted by Crippen LogP contribution is -2.32. The fraction of sp³-hybridized carbons (Fsp3) is 0.786. The van der Waals surface area contributed by atoms with Gasteiger partial charge < -0.3 is 10.2 Å². The summed E-state index contributed by atoms with van der Waals surface area (Å²) in [5.74, 6) is 7.81. The number of piperidine rings is 1. The third-order valence-corrected chi connectivity index (χ3v) is 3.59. The lowest BCUT2D eigenvalue weighted by Gasteiger charge is -2.27. The summed E-state index contributed by atoms with van der Waals surface area (Å²) in [6, 6.07) is 0.312. The molecule has 1 aromatic heterocycles. The minimum atomic E-state index is 0.312. The van der Waals surface area contributed by atoms with Crippen LogP contribution in [0.2, 0.25) is 0 Å². The van der Waals surface area contributed by atoms with Crippen LogP contribution in [0.25, 0.3) is 0 Å². The number of nitrogens with two attached hydrogens (primary N) is 1. The van der Waals surface area contributed by atoms with Crippen molar-refractivity contribution < 1.29 is 0 Å². The standard InChI is InChI=1S/C14H27N7/c1-10(2)9-11(3)16-12-17-13(20-15)19-14(18-12)21-7-5-4-6-8-21/h10-11H,4-9,15H2,1-3H3,(H2,16,17,18,19,20). The van der Waals surface area contributed by atoms with Gasteiger partial charge in [0.25, 0.3) is 0 Å². The number of nitrogen functional groups attached to an aromatic ring is 1. The number of hydrogen-bond donors (Lipinski definition) is 3. The Hall–Kier alpha value is -1.63. The molecule has 7 nitrogen and oxygen atoms in total. The molecule has 7 heteroatoms. The molecule has 2 heterocycles.